The minimum Gasteiger partial charge on any atom is -0.372 e. The second kappa shape index (κ2) is 7.12. The first-order valence-electron chi connectivity index (χ1n) is 8.87. The van der Waals surface area contributed by atoms with Gasteiger partial charge in [-0.3, -0.25) is 0 Å². The van der Waals surface area contributed by atoms with Gasteiger partial charge in [0.1, 0.15) is 6.10 Å². The molecule has 2 heteroatoms. The number of benzene rings is 3. The van der Waals surface area contributed by atoms with Crippen LogP contribution >= 0.6 is 0 Å². The van der Waals surface area contributed by atoms with Crippen LogP contribution in [0.2, 0.25) is 0 Å². The summed E-state index contributed by atoms with van der Waals surface area (Å²) in [6, 6.07) is 27.9. The molecule has 1 atom stereocenters. The van der Waals surface area contributed by atoms with Gasteiger partial charge in [0, 0.05) is 19.3 Å². The lowest BCUT2D eigenvalue weighted by Crippen LogP contribution is -2.29. The summed E-state index contributed by atoms with van der Waals surface area (Å²) in [4.78, 5) is 2.29. The first kappa shape index (κ1) is 15.9. The van der Waals surface area contributed by atoms with Crippen molar-refractivity contribution in [1.29, 1.82) is 0 Å². The van der Waals surface area contributed by atoms with E-state index in [0.717, 1.165) is 19.6 Å². The van der Waals surface area contributed by atoms with Gasteiger partial charge in [0.2, 0.25) is 0 Å². The predicted molar refractivity (Wildman–Crippen MR) is 104 cm³/mol. The van der Waals surface area contributed by atoms with Gasteiger partial charge in [0.25, 0.3) is 0 Å². The van der Waals surface area contributed by atoms with Crippen molar-refractivity contribution < 1.29 is 4.74 Å². The second-order valence-corrected chi connectivity index (χ2v) is 6.61. The Morgan fingerprint density at radius 2 is 1.64 bits per heavy atom. The fourth-order valence-electron chi connectivity index (χ4n) is 3.54. The van der Waals surface area contributed by atoms with Gasteiger partial charge in [0.05, 0.1) is 6.61 Å². The molecule has 1 unspecified atom stereocenters. The van der Waals surface area contributed by atoms with E-state index >= 15 is 0 Å². The fraction of sp³-hybridized carbons (Fsp3) is 0.217. The molecule has 126 valence electrons. The molecule has 1 aliphatic heterocycles. The SMILES string of the molecule is CN(CC1OCCc2ccccc21)c1cccc(-c2ccccc2)c1. The zero-order chi connectivity index (χ0) is 17.1. The number of anilines is 1. The van der Waals surface area contributed by atoms with Crippen molar-refractivity contribution in [3.8, 4) is 11.1 Å². The van der Waals surface area contributed by atoms with Gasteiger partial charge in [0.15, 0.2) is 0 Å². The maximum absolute atomic E-state index is 6.07. The summed E-state index contributed by atoms with van der Waals surface area (Å²) >= 11 is 0. The first-order chi connectivity index (χ1) is 12.3. The van der Waals surface area contributed by atoms with Crippen LogP contribution in [-0.4, -0.2) is 20.2 Å². The van der Waals surface area contributed by atoms with Gasteiger partial charge in [-0.1, -0.05) is 66.7 Å². The Morgan fingerprint density at radius 3 is 2.52 bits per heavy atom. The molecule has 1 heterocycles. The van der Waals surface area contributed by atoms with Gasteiger partial charge in [-0.25, -0.2) is 0 Å². The van der Waals surface area contributed by atoms with E-state index in [1.807, 2.05) is 0 Å². The van der Waals surface area contributed by atoms with Crippen molar-refractivity contribution in [2.24, 2.45) is 0 Å². The van der Waals surface area contributed by atoms with E-state index in [4.69, 9.17) is 4.74 Å². The van der Waals surface area contributed by atoms with Crippen molar-refractivity contribution in [1.82, 2.24) is 0 Å². The lowest BCUT2D eigenvalue weighted by Gasteiger charge is -2.30. The molecule has 0 N–H and O–H groups in total. The summed E-state index contributed by atoms with van der Waals surface area (Å²) in [6.07, 6.45) is 1.15. The molecule has 0 bridgehead atoms. The van der Waals surface area contributed by atoms with Crippen molar-refractivity contribution in [3.63, 3.8) is 0 Å². The zero-order valence-corrected chi connectivity index (χ0v) is 14.6. The molecule has 0 saturated heterocycles. The van der Waals surface area contributed by atoms with Crippen LogP contribution in [0.15, 0.2) is 78.9 Å². The Balaban J connectivity index is 1.55. The van der Waals surface area contributed by atoms with Gasteiger partial charge in [-0.2, -0.15) is 0 Å². The molecule has 0 saturated carbocycles. The predicted octanol–water partition coefficient (Wildman–Crippen LogP) is 5.10. The summed E-state index contributed by atoms with van der Waals surface area (Å²) in [5, 5.41) is 0. The molecule has 25 heavy (non-hydrogen) atoms. The van der Waals surface area contributed by atoms with E-state index in [9.17, 15) is 0 Å². The molecular weight excluding hydrogens is 306 g/mol. The molecule has 0 fully saturated rings. The molecule has 0 radical (unpaired) electrons. The fourth-order valence-corrected chi connectivity index (χ4v) is 3.54. The van der Waals surface area contributed by atoms with E-state index in [2.05, 4.69) is 90.8 Å². The maximum atomic E-state index is 6.07. The van der Waals surface area contributed by atoms with Crippen LogP contribution < -0.4 is 4.90 Å². The highest BCUT2D eigenvalue weighted by atomic mass is 16.5. The number of ether oxygens (including phenoxy) is 1. The number of rotatable bonds is 4. The summed E-state index contributed by atoms with van der Waals surface area (Å²) in [6.45, 7) is 1.66. The highest BCUT2D eigenvalue weighted by molar-refractivity contribution is 5.68. The lowest BCUT2D eigenvalue weighted by molar-refractivity contribution is 0.0478. The van der Waals surface area contributed by atoms with Crippen molar-refractivity contribution in [2.75, 3.05) is 25.1 Å². The van der Waals surface area contributed by atoms with E-state index in [-0.39, 0.29) is 6.10 Å². The smallest absolute Gasteiger partial charge is 0.100 e. The highest BCUT2D eigenvalue weighted by Gasteiger charge is 2.22. The first-order valence-corrected chi connectivity index (χ1v) is 8.87. The number of likely N-dealkylation sites (N-methyl/N-ethyl adjacent to an activating group) is 1. The van der Waals surface area contributed by atoms with Crippen LogP contribution in [0.4, 0.5) is 5.69 Å². The number of nitrogens with zero attached hydrogens (tertiary/aromatic N) is 1. The Morgan fingerprint density at radius 1 is 0.880 bits per heavy atom. The number of fused-ring (bicyclic) bond motifs is 1. The molecule has 0 spiro atoms. The van der Waals surface area contributed by atoms with Gasteiger partial charge < -0.3 is 9.64 Å². The lowest BCUT2D eigenvalue weighted by atomic mass is 9.97. The standard InChI is InChI=1S/C23H23NO/c1-24(17-23-22-13-6-5-10-19(22)14-15-25-23)21-12-7-11-20(16-21)18-8-3-2-4-9-18/h2-13,16,23H,14-15,17H2,1H3. The Hall–Kier alpha value is -2.58. The van der Waals surface area contributed by atoms with Gasteiger partial charge in [-0.05, 0) is 40.8 Å². The van der Waals surface area contributed by atoms with E-state index in [1.165, 1.54) is 27.9 Å². The third-order valence-electron chi connectivity index (χ3n) is 4.93. The maximum Gasteiger partial charge on any atom is 0.100 e. The Bertz CT molecular complexity index is 843. The molecule has 3 aromatic rings. The quantitative estimate of drug-likeness (QED) is 0.660. The van der Waals surface area contributed by atoms with Gasteiger partial charge in [-0.15, -0.1) is 0 Å². The van der Waals surface area contributed by atoms with Crippen LogP contribution in [0.1, 0.15) is 17.2 Å². The number of hydrogen-bond acceptors (Lipinski definition) is 2. The normalized spacial score (nSPS) is 16.3. The molecule has 0 aromatic heterocycles. The van der Waals surface area contributed by atoms with Crippen LogP contribution in [-0.2, 0) is 11.2 Å². The third-order valence-corrected chi connectivity index (χ3v) is 4.93. The Labute approximate surface area is 149 Å². The van der Waals surface area contributed by atoms with Crippen LogP contribution in [0.3, 0.4) is 0 Å². The molecule has 3 aromatic carbocycles. The van der Waals surface area contributed by atoms with Crippen LogP contribution in [0.25, 0.3) is 11.1 Å². The van der Waals surface area contributed by atoms with Crippen molar-refractivity contribution in [3.05, 3.63) is 90.0 Å². The minimum absolute atomic E-state index is 0.135. The molecule has 0 amide bonds. The number of hydrogen-bond donors (Lipinski definition) is 0. The molecule has 4 rings (SSSR count). The van der Waals surface area contributed by atoms with Gasteiger partial charge >= 0.3 is 0 Å². The van der Waals surface area contributed by atoms with Crippen molar-refractivity contribution in [2.45, 2.75) is 12.5 Å². The van der Waals surface area contributed by atoms with E-state index in [0.29, 0.717) is 0 Å². The topological polar surface area (TPSA) is 12.5 Å². The summed E-state index contributed by atoms with van der Waals surface area (Å²) < 4.78 is 6.07. The average molecular weight is 329 g/mol. The van der Waals surface area contributed by atoms with Crippen molar-refractivity contribution >= 4 is 5.69 Å². The molecule has 2 nitrogen and oxygen atoms in total. The third kappa shape index (κ3) is 3.45. The zero-order valence-electron chi connectivity index (χ0n) is 14.6. The Kier molecular flexibility index (Phi) is 4.53. The largest absolute Gasteiger partial charge is 0.372 e. The van der Waals surface area contributed by atoms with Crippen LogP contribution in [0.5, 0.6) is 0 Å². The summed E-state index contributed by atoms with van der Waals surface area (Å²) in [7, 11) is 2.14. The highest BCUT2D eigenvalue weighted by Crippen LogP contribution is 2.30. The summed E-state index contributed by atoms with van der Waals surface area (Å²) in [5.41, 5.74) is 6.46. The molecular formula is C23H23NO. The monoisotopic (exact) mass is 329 g/mol. The van der Waals surface area contributed by atoms with E-state index < -0.39 is 0 Å². The van der Waals surface area contributed by atoms with E-state index in [1.54, 1.807) is 0 Å². The average Bonchev–Trinajstić information content (AvgIpc) is 2.69. The minimum atomic E-state index is 0.135. The molecule has 0 aliphatic carbocycles. The summed E-state index contributed by atoms with van der Waals surface area (Å²) in [5.74, 6) is 0. The molecule has 1 aliphatic rings. The van der Waals surface area contributed by atoms with Crippen LogP contribution in [0, 0.1) is 0 Å². The second-order valence-electron chi connectivity index (χ2n) is 6.61.